The average Bonchev–Trinajstić information content (AvgIpc) is 3.15. The molecule has 0 saturated heterocycles. The quantitative estimate of drug-likeness (QED) is 0.585. The molecule has 3 aromatic rings. The summed E-state index contributed by atoms with van der Waals surface area (Å²) in [5.41, 5.74) is -0.388. The first-order valence-electron chi connectivity index (χ1n) is 9.41. The van der Waals surface area contributed by atoms with E-state index in [1.54, 1.807) is 52.1 Å². The van der Waals surface area contributed by atoms with Gasteiger partial charge >= 0.3 is 5.97 Å². The Morgan fingerprint density at radius 2 is 1.93 bits per heavy atom. The average molecular weight is 414 g/mol. The maximum Gasteiger partial charge on any atom is 0.361 e. The highest BCUT2D eigenvalue weighted by Gasteiger charge is 2.28. The van der Waals surface area contributed by atoms with Gasteiger partial charge in [0.2, 0.25) is 11.6 Å². The second-order valence-corrected chi connectivity index (χ2v) is 6.41. The largest absolute Gasteiger partial charge is 0.497 e. The van der Waals surface area contributed by atoms with Gasteiger partial charge in [-0.3, -0.25) is 14.2 Å². The van der Waals surface area contributed by atoms with Crippen molar-refractivity contribution < 1.29 is 23.6 Å². The summed E-state index contributed by atoms with van der Waals surface area (Å²) in [6.45, 7) is 5.10. The van der Waals surface area contributed by atoms with E-state index in [-0.39, 0.29) is 29.2 Å². The van der Waals surface area contributed by atoms with E-state index in [9.17, 15) is 14.4 Å². The second kappa shape index (κ2) is 8.76. The number of carbonyl (C=O) groups is 2. The normalized spacial score (nSPS) is 11.9. The molecule has 0 saturated carbocycles. The van der Waals surface area contributed by atoms with E-state index in [1.165, 1.54) is 4.57 Å². The van der Waals surface area contributed by atoms with Gasteiger partial charge in [-0.15, -0.1) is 0 Å². The molecule has 0 aliphatic heterocycles. The number of nitrogens with one attached hydrogen (secondary N) is 1. The Morgan fingerprint density at radius 1 is 1.23 bits per heavy atom. The molecule has 0 spiro atoms. The molecule has 3 rings (SSSR count). The van der Waals surface area contributed by atoms with Crippen LogP contribution in [0.4, 0.5) is 5.69 Å². The van der Waals surface area contributed by atoms with Gasteiger partial charge < -0.3 is 19.3 Å². The number of hydrogen-bond donors (Lipinski definition) is 1. The molecular weight excluding hydrogens is 392 g/mol. The van der Waals surface area contributed by atoms with Crippen molar-refractivity contribution in [2.75, 3.05) is 19.0 Å². The Balaban J connectivity index is 2.01. The van der Waals surface area contributed by atoms with Crippen LogP contribution in [0.25, 0.3) is 11.1 Å². The van der Waals surface area contributed by atoms with Gasteiger partial charge in [0.1, 0.15) is 23.0 Å². The molecule has 0 unspecified atom stereocenters. The van der Waals surface area contributed by atoms with Crippen LogP contribution in [0.3, 0.4) is 0 Å². The Labute approximate surface area is 171 Å². The van der Waals surface area contributed by atoms with Crippen molar-refractivity contribution >= 4 is 28.7 Å². The van der Waals surface area contributed by atoms with Crippen molar-refractivity contribution in [3.8, 4) is 5.75 Å². The highest BCUT2D eigenvalue weighted by atomic mass is 16.5. The Bertz CT molecular complexity index is 1130. The van der Waals surface area contributed by atoms with Crippen LogP contribution in [0, 0.1) is 6.92 Å². The molecule has 10 nitrogen and oxygen atoms in total. The predicted molar refractivity (Wildman–Crippen MR) is 108 cm³/mol. The summed E-state index contributed by atoms with van der Waals surface area (Å²) < 4.78 is 16.3. The zero-order chi connectivity index (χ0) is 21.8. The zero-order valence-corrected chi connectivity index (χ0v) is 17.1. The van der Waals surface area contributed by atoms with E-state index in [1.807, 2.05) is 0 Å². The topological polar surface area (TPSA) is 126 Å². The van der Waals surface area contributed by atoms with Crippen LogP contribution in [0.2, 0.25) is 0 Å². The van der Waals surface area contributed by atoms with E-state index in [2.05, 4.69) is 15.5 Å². The molecule has 30 heavy (non-hydrogen) atoms. The molecule has 0 fully saturated rings. The van der Waals surface area contributed by atoms with Gasteiger partial charge in [0.05, 0.1) is 13.7 Å². The van der Waals surface area contributed by atoms with E-state index < -0.39 is 23.5 Å². The lowest BCUT2D eigenvalue weighted by molar-refractivity contribution is -0.119. The van der Waals surface area contributed by atoms with Crippen LogP contribution >= 0.6 is 0 Å². The second-order valence-electron chi connectivity index (χ2n) is 6.41. The van der Waals surface area contributed by atoms with Gasteiger partial charge in [0.25, 0.3) is 11.3 Å². The summed E-state index contributed by atoms with van der Waals surface area (Å²) in [6.07, 6.45) is 0.315. The molecule has 1 aromatic carbocycles. The van der Waals surface area contributed by atoms with Crippen molar-refractivity contribution in [1.29, 1.82) is 0 Å². The number of carbonyl (C=O) groups excluding carboxylic acids is 2. The maximum atomic E-state index is 13.2. The van der Waals surface area contributed by atoms with Crippen molar-refractivity contribution in [3.05, 3.63) is 46.1 Å². The molecule has 158 valence electrons. The fourth-order valence-corrected chi connectivity index (χ4v) is 3.11. The van der Waals surface area contributed by atoms with Crippen molar-refractivity contribution in [3.63, 3.8) is 0 Å². The van der Waals surface area contributed by atoms with E-state index >= 15 is 0 Å². The lowest BCUT2D eigenvalue weighted by atomic mass is 10.1. The lowest BCUT2D eigenvalue weighted by Crippen LogP contribution is -2.35. The summed E-state index contributed by atoms with van der Waals surface area (Å²) in [5, 5.41) is 6.30. The molecule has 0 bridgehead atoms. The number of methoxy groups -OCH3 is 1. The smallest absolute Gasteiger partial charge is 0.361 e. The summed E-state index contributed by atoms with van der Waals surface area (Å²) in [6, 6.07) is 5.95. The number of hydrogen-bond acceptors (Lipinski definition) is 8. The van der Waals surface area contributed by atoms with Crippen molar-refractivity contribution in [1.82, 2.24) is 14.7 Å². The summed E-state index contributed by atoms with van der Waals surface area (Å²) in [5.74, 6) is -0.277. The molecular formula is C20H22N4O6. The molecule has 1 N–H and O–H groups in total. The number of nitrogens with zero attached hydrogens (tertiary/aromatic N) is 3. The van der Waals surface area contributed by atoms with Gasteiger partial charge in [0, 0.05) is 5.69 Å². The van der Waals surface area contributed by atoms with Crippen LogP contribution in [0.15, 0.2) is 33.6 Å². The van der Waals surface area contributed by atoms with Crippen LogP contribution in [0.5, 0.6) is 5.75 Å². The third kappa shape index (κ3) is 3.88. The monoisotopic (exact) mass is 414 g/mol. The molecule has 0 aliphatic rings. The Kier molecular flexibility index (Phi) is 6.14. The molecule has 1 amide bonds. The molecule has 1 atom stereocenters. The summed E-state index contributed by atoms with van der Waals surface area (Å²) >= 11 is 0. The van der Waals surface area contributed by atoms with E-state index in [4.69, 9.17) is 14.0 Å². The number of benzene rings is 1. The number of esters is 1. The first kappa shape index (κ1) is 21.0. The van der Waals surface area contributed by atoms with Gasteiger partial charge in [-0.2, -0.15) is 4.98 Å². The number of aromatic nitrogens is 3. The van der Waals surface area contributed by atoms with Crippen molar-refractivity contribution in [2.24, 2.45) is 0 Å². The van der Waals surface area contributed by atoms with Gasteiger partial charge in [-0.25, -0.2) is 4.79 Å². The van der Waals surface area contributed by atoms with Crippen LogP contribution in [-0.4, -0.2) is 40.3 Å². The van der Waals surface area contributed by atoms with Crippen molar-refractivity contribution in [2.45, 2.75) is 33.2 Å². The van der Waals surface area contributed by atoms with E-state index in [0.717, 1.165) is 0 Å². The molecule has 10 heteroatoms. The highest BCUT2D eigenvalue weighted by molar-refractivity contribution is 6.00. The molecule has 2 heterocycles. The predicted octanol–water partition coefficient (Wildman–Crippen LogP) is 2.47. The minimum Gasteiger partial charge on any atom is -0.497 e. The van der Waals surface area contributed by atoms with E-state index in [0.29, 0.717) is 17.9 Å². The SMILES string of the molecule is CCOC(=O)c1noc2nc(C)n([C@@H](CC)C(=O)Nc3ccc(OC)cc3)c(=O)c12. The minimum atomic E-state index is -0.860. The number of rotatable bonds is 7. The van der Waals surface area contributed by atoms with Crippen LogP contribution < -0.4 is 15.6 Å². The molecule has 2 aromatic heterocycles. The Morgan fingerprint density at radius 3 is 2.53 bits per heavy atom. The summed E-state index contributed by atoms with van der Waals surface area (Å²) in [4.78, 5) is 42.5. The Hall–Kier alpha value is -3.69. The molecule has 0 aliphatic carbocycles. The highest BCUT2D eigenvalue weighted by Crippen LogP contribution is 2.21. The summed E-state index contributed by atoms with van der Waals surface area (Å²) in [7, 11) is 1.55. The first-order chi connectivity index (χ1) is 14.4. The third-order valence-electron chi connectivity index (χ3n) is 4.55. The number of anilines is 1. The number of fused-ring (bicyclic) bond motifs is 1. The number of amides is 1. The minimum absolute atomic E-state index is 0.0813. The maximum absolute atomic E-state index is 13.2. The standard InChI is InChI=1S/C20H22N4O6/c1-5-14(17(25)22-12-7-9-13(28-4)10-8-12)24-11(3)21-18-15(19(24)26)16(23-30-18)20(27)29-6-2/h7-10,14H,5-6H2,1-4H3,(H,22,25)/t14-/m0/s1. The van der Waals surface area contributed by atoms with Crippen LogP contribution in [-0.2, 0) is 9.53 Å². The number of ether oxygens (including phenoxy) is 2. The molecule has 0 radical (unpaired) electrons. The van der Waals surface area contributed by atoms with Gasteiger partial charge in [-0.05, 0) is 44.5 Å². The van der Waals surface area contributed by atoms with Crippen LogP contribution in [0.1, 0.15) is 42.6 Å². The van der Waals surface area contributed by atoms with Gasteiger partial charge in [0.15, 0.2) is 0 Å². The number of aryl methyl sites for hydroxylation is 1. The third-order valence-corrected chi connectivity index (χ3v) is 4.55. The van der Waals surface area contributed by atoms with Gasteiger partial charge in [-0.1, -0.05) is 12.1 Å². The first-order valence-corrected chi connectivity index (χ1v) is 9.41. The zero-order valence-electron chi connectivity index (χ0n) is 17.1. The fraction of sp³-hybridized carbons (Fsp3) is 0.350. The fourth-order valence-electron chi connectivity index (χ4n) is 3.11. The lowest BCUT2D eigenvalue weighted by Gasteiger charge is -2.19.